The SMILES string of the molecule is CC(=O)N(CCC(=O)Nc1ccc(F)cc1F)c1ccccc1C(C)(C)C. The number of para-hydroxylation sites is 1. The van der Waals surface area contributed by atoms with Crippen molar-refractivity contribution in [3.8, 4) is 0 Å². The van der Waals surface area contributed by atoms with Crippen molar-refractivity contribution in [3.63, 3.8) is 0 Å². The van der Waals surface area contributed by atoms with Crippen LogP contribution in [0.1, 0.15) is 39.7 Å². The number of carbonyl (C=O) groups is 2. The smallest absolute Gasteiger partial charge is 0.226 e. The molecule has 0 heterocycles. The predicted molar refractivity (Wildman–Crippen MR) is 103 cm³/mol. The summed E-state index contributed by atoms with van der Waals surface area (Å²) in [5.74, 6) is -2.20. The van der Waals surface area contributed by atoms with Crippen molar-refractivity contribution in [1.29, 1.82) is 0 Å². The van der Waals surface area contributed by atoms with Crippen molar-refractivity contribution in [2.45, 2.75) is 39.5 Å². The number of carbonyl (C=O) groups excluding carboxylic acids is 2. The number of halogens is 2. The predicted octanol–water partition coefficient (Wildman–Crippen LogP) is 4.64. The molecule has 0 atom stereocenters. The van der Waals surface area contributed by atoms with E-state index in [1.54, 1.807) is 4.90 Å². The highest BCUT2D eigenvalue weighted by Gasteiger charge is 2.23. The number of amides is 2. The van der Waals surface area contributed by atoms with E-state index in [0.29, 0.717) is 6.07 Å². The fourth-order valence-electron chi connectivity index (χ4n) is 2.81. The second-order valence-corrected chi connectivity index (χ2v) is 7.36. The number of nitrogens with one attached hydrogen (secondary N) is 1. The molecule has 2 rings (SSSR count). The van der Waals surface area contributed by atoms with E-state index in [0.717, 1.165) is 17.3 Å². The molecule has 4 nitrogen and oxygen atoms in total. The molecule has 2 aromatic rings. The van der Waals surface area contributed by atoms with Gasteiger partial charge in [-0.3, -0.25) is 9.59 Å². The highest BCUT2D eigenvalue weighted by atomic mass is 19.1. The van der Waals surface area contributed by atoms with Crippen molar-refractivity contribution < 1.29 is 18.4 Å². The lowest BCUT2D eigenvalue weighted by molar-refractivity contribution is -0.117. The Morgan fingerprint density at radius 2 is 1.74 bits per heavy atom. The topological polar surface area (TPSA) is 49.4 Å². The van der Waals surface area contributed by atoms with Crippen molar-refractivity contribution in [3.05, 3.63) is 59.7 Å². The van der Waals surface area contributed by atoms with Crippen LogP contribution in [-0.4, -0.2) is 18.4 Å². The van der Waals surface area contributed by atoms with E-state index in [1.165, 1.54) is 13.0 Å². The maximum atomic E-state index is 13.7. The van der Waals surface area contributed by atoms with Crippen molar-refractivity contribution in [1.82, 2.24) is 0 Å². The summed E-state index contributed by atoms with van der Waals surface area (Å²) in [6, 6.07) is 10.5. The molecule has 0 aliphatic carbocycles. The van der Waals surface area contributed by atoms with E-state index in [9.17, 15) is 18.4 Å². The van der Waals surface area contributed by atoms with Crippen LogP contribution in [0.15, 0.2) is 42.5 Å². The summed E-state index contributed by atoms with van der Waals surface area (Å²) < 4.78 is 26.6. The zero-order chi connectivity index (χ0) is 20.2. The van der Waals surface area contributed by atoms with Gasteiger partial charge in [0.05, 0.1) is 5.69 Å². The largest absolute Gasteiger partial charge is 0.324 e. The van der Waals surface area contributed by atoms with E-state index >= 15 is 0 Å². The molecular formula is C21H24F2N2O2. The van der Waals surface area contributed by atoms with Gasteiger partial charge in [-0.25, -0.2) is 8.78 Å². The van der Waals surface area contributed by atoms with Gasteiger partial charge in [0.15, 0.2) is 0 Å². The molecule has 2 amide bonds. The first-order chi connectivity index (χ1) is 12.6. The monoisotopic (exact) mass is 374 g/mol. The first-order valence-corrected chi connectivity index (χ1v) is 8.72. The van der Waals surface area contributed by atoms with Crippen LogP contribution in [0.2, 0.25) is 0 Å². The van der Waals surface area contributed by atoms with E-state index in [1.807, 2.05) is 45.0 Å². The summed E-state index contributed by atoms with van der Waals surface area (Å²) in [5, 5.41) is 2.41. The van der Waals surface area contributed by atoms with Gasteiger partial charge in [0, 0.05) is 31.6 Å². The number of anilines is 2. The van der Waals surface area contributed by atoms with Gasteiger partial charge in [-0.05, 0) is 29.2 Å². The highest BCUT2D eigenvalue weighted by Crippen LogP contribution is 2.32. The van der Waals surface area contributed by atoms with Crippen LogP contribution >= 0.6 is 0 Å². The molecule has 0 aliphatic heterocycles. The molecule has 6 heteroatoms. The molecule has 0 unspecified atom stereocenters. The molecule has 0 saturated carbocycles. The minimum absolute atomic E-state index is 0.0190. The number of nitrogens with zero attached hydrogens (tertiary/aromatic N) is 1. The highest BCUT2D eigenvalue weighted by molar-refractivity contribution is 5.95. The van der Waals surface area contributed by atoms with Gasteiger partial charge in [0.2, 0.25) is 11.8 Å². The van der Waals surface area contributed by atoms with Gasteiger partial charge in [-0.2, -0.15) is 0 Å². The first kappa shape index (κ1) is 20.6. The second kappa shape index (κ2) is 8.29. The van der Waals surface area contributed by atoms with E-state index in [2.05, 4.69) is 5.32 Å². The zero-order valence-corrected chi connectivity index (χ0v) is 16.0. The average molecular weight is 374 g/mol. The van der Waals surface area contributed by atoms with Crippen molar-refractivity contribution >= 4 is 23.2 Å². The molecule has 0 aromatic heterocycles. The van der Waals surface area contributed by atoms with Gasteiger partial charge in [-0.15, -0.1) is 0 Å². The summed E-state index contributed by atoms with van der Waals surface area (Å²) >= 11 is 0. The van der Waals surface area contributed by atoms with Gasteiger partial charge < -0.3 is 10.2 Å². The lowest BCUT2D eigenvalue weighted by atomic mass is 9.85. The number of hydrogen-bond donors (Lipinski definition) is 1. The maximum absolute atomic E-state index is 13.7. The Hall–Kier alpha value is -2.76. The van der Waals surface area contributed by atoms with Crippen LogP contribution < -0.4 is 10.2 Å². The van der Waals surface area contributed by atoms with Crippen LogP contribution in [0.3, 0.4) is 0 Å². The van der Waals surface area contributed by atoms with E-state index < -0.39 is 17.5 Å². The van der Waals surface area contributed by atoms with Crippen LogP contribution in [-0.2, 0) is 15.0 Å². The summed E-state index contributed by atoms with van der Waals surface area (Å²) in [6.07, 6.45) is -0.0190. The molecule has 27 heavy (non-hydrogen) atoms. The first-order valence-electron chi connectivity index (χ1n) is 8.72. The third kappa shape index (κ3) is 5.36. The van der Waals surface area contributed by atoms with Gasteiger partial charge in [0.25, 0.3) is 0 Å². The molecular weight excluding hydrogens is 350 g/mol. The van der Waals surface area contributed by atoms with Crippen LogP contribution in [0.4, 0.5) is 20.2 Å². The third-order valence-corrected chi connectivity index (χ3v) is 4.15. The fraction of sp³-hybridized carbons (Fsp3) is 0.333. The number of rotatable bonds is 5. The molecule has 0 radical (unpaired) electrons. The zero-order valence-electron chi connectivity index (χ0n) is 16.0. The van der Waals surface area contributed by atoms with Crippen LogP contribution in [0.25, 0.3) is 0 Å². The van der Waals surface area contributed by atoms with Crippen LogP contribution in [0.5, 0.6) is 0 Å². The van der Waals surface area contributed by atoms with E-state index in [4.69, 9.17) is 0 Å². The summed E-state index contributed by atoms with van der Waals surface area (Å²) in [6.45, 7) is 7.74. The molecule has 0 spiro atoms. The second-order valence-electron chi connectivity index (χ2n) is 7.36. The molecule has 2 aromatic carbocycles. The molecule has 0 bridgehead atoms. The summed E-state index contributed by atoms with van der Waals surface area (Å²) in [4.78, 5) is 25.9. The Morgan fingerprint density at radius 1 is 1.07 bits per heavy atom. The summed E-state index contributed by atoms with van der Waals surface area (Å²) in [5.41, 5.74) is 1.47. The Morgan fingerprint density at radius 3 is 2.33 bits per heavy atom. The molecule has 0 fully saturated rings. The molecule has 0 aliphatic rings. The Labute approximate surface area is 158 Å². The minimum atomic E-state index is -0.843. The maximum Gasteiger partial charge on any atom is 0.226 e. The average Bonchev–Trinajstić information content (AvgIpc) is 2.57. The lowest BCUT2D eigenvalue weighted by Crippen LogP contribution is -2.34. The number of benzene rings is 2. The third-order valence-electron chi connectivity index (χ3n) is 4.15. The Bertz CT molecular complexity index is 844. The minimum Gasteiger partial charge on any atom is -0.324 e. The van der Waals surface area contributed by atoms with Crippen molar-refractivity contribution in [2.24, 2.45) is 0 Å². The fourth-order valence-corrected chi connectivity index (χ4v) is 2.81. The van der Waals surface area contributed by atoms with Crippen molar-refractivity contribution in [2.75, 3.05) is 16.8 Å². The number of hydrogen-bond acceptors (Lipinski definition) is 2. The standard InChI is InChI=1S/C21H24F2N2O2/c1-14(26)25(19-8-6-5-7-16(19)21(2,3)4)12-11-20(27)24-18-10-9-15(22)13-17(18)23/h5-10,13H,11-12H2,1-4H3,(H,24,27). The molecule has 1 N–H and O–H groups in total. The summed E-state index contributed by atoms with van der Waals surface area (Å²) in [7, 11) is 0. The Kier molecular flexibility index (Phi) is 6.31. The van der Waals surface area contributed by atoms with Gasteiger partial charge in [0.1, 0.15) is 11.6 Å². The molecule has 144 valence electrons. The normalized spacial score (nSPS) is 11.2. The van der Waals surface area contributed by atoms with E-state index in [-0.39, 0.29) is 30.0 Å². The Balaban J connectivity index is 2.14. The lowest BCUT2D eigenvalue weighted by Gasteiger charge is -2.29. The quantitative estimate of drug-likeness (QED) is 0.829. The molecule has 0 saturated heterocycles. The van der Waals surface area contributed by atoms with Crippen LogP contribution in [0, 0.1) is 11.6 Å². The van der Waals surface area contributed by atoms with Gasteiger partial charge >= 0.3 is 0 Å². The van der Waals surface area contributed by atoms with Gasteiger partial charge in [-0.1, -0.05) is 39.0 Å².